The van der Waals surface area contributed by atoms with Gasteiger partial charge in [0.15, 0.2) is 11.9 Å². The first-order chi connectivity index (χ1) is 11.4. The Morgan fingerprint density at radius 2 is 2.08 bits per heavy atom. The van der Waals surface area contributed by atoms with Crippen molar-refractivity contribution in [3.63, 3.8) is 0 Å². The highest BCUT2D eigenvalue weighted by Crippen LogP contribution is 2.52. The summed E-state index contributed by atoms with van der Waals surface area (Å²) in [4.78, 5) is 35.9. The molecule has 2 aliphatic rings. The molecule has 2 aliphatic carbocycles. The second kappa shape index (κ2) is 7.17. The summed E-state index contributed by atoms with van der Waals surface area (Å²) in [7, 11) is 2.64. The zero-order chi connectivity index (χ0) is 17.9. The number of carbonyl (C=O) groups excluding carboxylic acids is 3. The minimum Gasteiger partial charge on any atom is -0.497 e. The first-order valence-corrected chi connectivity index (χ1v) is 7.71. The van der Waals surface area contributed by atoms with Crippen LogP contribution in [0.5, 0.6) is 0 Å². The fourth-order valence-corrected chi connectivity index (χ4v) is 3.71. The number of aliphatic hydroxyl groups excluding tert-OH is 1. The lowest BCUT2D eigenvalue weighted by atomic mass is 9.55. The van der Waals surface area contributed by atoms with Gasteiger partial charge in [-0.15, -0.1) is 0 Å². The molecule has 0 aromatic rings. The van der Waals surface area contributed by atoms with Crippen LogP contribution in [0.25, 0.3) is 0 Å². The molecule has 132 valence electrons. The number of hydrogen-bond acceptors (Lipinski definition) is 7. The topological polar surface area (TPSA) is 99.1 Å². The molecule has 0 saturated carbocycles. The summed E-state index contributed by atoms with van der Waals surface area (Å²) in [5.41, 5.74) is -1.16. The van der Waals surface area contributed by atoms with E-state index in [2.05, 4.69) is 0 Å². The van der Waals surface area contributed by atoms with Gasteiger partial charge in [0.2, 0.25) is 0 Å². The lowest BCUT2D eigenvalue weighted by molar-refractivity contribution is -0.173. The number of carbonyl (C=O) groups is 3. The van der Waals surface area contributed by atoms with Crippen LogP contribution in [-0.4, -0.2) is 49.8 Å². The minimum absolute atomic E-state index is 0.0356. The van der Waals surface area contributed by atoms with E-state index in [9.17, 15) is 19.5 Å². The van der Waals surface area contributed by atoms with Gasteiger partial charge in [0.05, 0.1) is 32.7 Å². The Bertz CT molecular complexity index is 592. The molecular formula is C17H22O7. The van der Waals surface area contributed by atoms with Crippen molar-refractivity contribution < 1.29 is 33.7 Å². The number of ether oxygens (including phenoxy) is 3. The molecule has 0 heterocycles. The van der Waals surface area contributed by atoms with Gasteiger partial charge in [-0.1, -0.05) is 12.2 Å². The van der Waals surface area contributed by atoms with Crippen LogP contribution in [0.1, 0.15) is 19.8 Å². The molecule has 0 unspecified atom stereocenters. The quantitative estimate of drug-likeness (QED) is 0.584. The van der Waals surface area contributed by atoms with Crippen molar-refractivity contribution in [2.45, 2.75) is 25.9 Å². The van der Waals surface area contributed by atoms with E-state index < -0.39 is 41.9 Å². The molecule has 1 N–H and O–H groups in total. The number of rotatable bonds is 5. The van der Waals surface area contributed by atoms with Gasteiger partial charge in [0.1, 0.15) is 5.76 Å². The van der Waals surface area contributed by atoms with Crippen molar-refractivity contribution >= 4 is 17.7 Å². The number of hydrogen-bond donors (Lipinski definition) is 1. The normalized spacial score (nSPS) is 31.8. The molecule has 0 spiro atoms. The average molecular weight is 338 g/mol. The van der Waals surface area contributed by atoms with Crippen LogP contribution in [0.3, 0.4) is 0 Å². The summed E-state index contributed by atoms with van der Waals surface area (Å²) in [5, 5.41) is 10.2. The molecule has 0 aromatic carbocycles. The lowest BCUT2D eigenvalue weighted by Crippen LogP contribution is -2.58. The number of ketones is 1. The average Bonchev–Trinajstić information content (AvgIpc) is 2.56. The van der Waals surface area contributed by atoms with E-state index in [-0.39, 0.29) is 18.0 Å². The van der Waals surface area contributed by atoms with Gasteiger partial charge < -0.3 is 19.3 Å². The lowest BCUT2D eigenvalue weighted by Gasteiger charge is -2.51. The molecular weight excluding hydrogens is 316 g/mol. The molecule has 0 bridgehead atoms. The van der Waals surface area contributed by atoms with E-state index in [1.54, 1.807) is 12.2 Å². The molecule has 24 heavy (non-hydrogen) atoms. The van der Waals surface area contributed by atoms with Crippen LogP contribution >= 0.6 is 0 Å². The predicted octanol–water partition coefficient (Wildman–Crippen LogP) is 0.765. The third-order valence-corrected chi connectivity index (χ3v) is 4.86. The van der Waals surface area contributed by atoms with Crippen molar-refractivity contribution in [1.82, 2.24) is 0 Å². The number of esters is 2. The van der Waals surface area contributed by atoms with Crippen LogP contribution in [0.4, 0.5) is 0 Å². The van der Waals surface area contributed by atoms with Crippen molar-refractivity contribution in [3.05, 3.63) is 24.0 Å². The molecule has 0 fully saturated rings. The summed E-state index contributed by atoms with van der Waals surface area (Å²) >= 11 is 0. The van der Waals surface area contributed by atoms with E-state index in [0.717, 1.165) is 0 Å². The van der Waals surface area contributed by atoms with E-state index in [1.165, 1.54) is 27.2 Å². The summed E-state index contributed by atoms with van der Waals surface area (Å²) in [6.07, 6.45) is 4.29. The molecule has 7 heteroatoms. The van der Waals surface area contributed by atoms with Gasteiger partial charge in [-0.05, 0) is 12.3 Å². The first-order valence-electron chi connectivity index (χ1n) is 7.71. The molecule has 7 nitrogen and oxygen atoms in total. The molecule has 0 amide bonds. The number of methoxy groups -OCH3 is 2. The van der Waals surface area contributed by atoms with Gasteiger partial charge >= 0.3 is 11.9 Å². The van der Waals surface area contributed by atoms with E-state index in [1.807, 2.05) is 0 Å². The molecule has 2 rings (SSSR count). The van der Waals surface area contributed by atoms with Crippen molar-refractivity contribution in [2.24, 2.45) is 17.3 Å². The predicted molar refractivity (Wildman–Crippen MR) is 82.5 cm³/mol. The third-order valence-electron chi connectivity index (χ3n) is 4.86. The maximum absolute atomic E-state index is 12.5. The van der Waals surface area contributed by atoms with Gasteiger partial charge in [0.25, 0.3) is 0 Å². The van der Waals surface area contributed by atoms with E-state index >= 15 is 0 Å². The Labute approximate surface area is 140 Å². The Morgan fingerprint density at radius 1 is 1.38 bits per heavy atom. The SMILES string of the molecule is COC(=O)C[C@H]1C=CC[C@H]2C(=O)C=C(OC)[C@@H](OC(C)=O)[C@@]12CO. The highest BCUT2D eigenvalue weighted by molar-refractivity contribution is 5.95. The van der Waals surface area contributed by atoms with Crippen molar-refractivity contribution in [3.8, 4) is 0 Å². The Balaban J connectivity index is 2.56. The fourth-order valence-electron chi connectivity index (χ4n) is 3.71. The second-order valence-corrected chi connectivity index (χ2v) is 6.02. The van der Waals surface area contributed by atoms with Crippen LogP contribution in [0.2, 0.25) is 0 Å². The summed E-state index contributed by atoms with van der Waals surface area (Å²) in [5.74, 6) is -2.21. The summed E-state index contributed by atoms with van der Waals surface area (Å²) in [6, 6.07) is 0. The first kappa shape index (κ1) is 18.2. The maximum atomic E-state index is 12.5. The van der Waals surface area contributed by atoms with E-state index in [0.29, 0.717) is 6.42 Å². The monoisotopic (exact) mass is 338 g/mol. The van der Waals surface area contributed by atoms with Gasteiger partial charge in [-0.25, -0.2) is 0 Å². The zero-order valence-corrected chi connectivity index (χ0v) is 14.0. The standard InChI is InChI=1S/C17H22O7/c1-10(19)24-16-14(22-2)8-13(20)12-6-4-5-11(7-15(21)23-3)17(12,16)9-18/h4-5,8,11-12,16,18H,6-7,9H2,1-3H3/t11-,12+,16-,17+/m1/s1. The Hall–Kier alpha value is -2.15. The highest BCUT2D eigenvalue weighted by Gasteiger charge is 2.59. The van der Waals surface area contributed by atoms with E-state index in [4.69, 9.17) is 14.2 Å². The minimum atomic E-state index is -1.16. The number of allylic oxidation sites excluding steroid dienone is 3. The second-order valence-electron chi connectivity index (χ2n) is 6.02. The molecule has 4 atom stereocenters. The van der Waals surface area contributed by atoms with Crippen LogP contribution < -0.4 is 0 Å². The maximum Gasteiger partial charge on any atom is 0.306 e. The Morgan fingerprint density at radius 3 is 2.62 bits per heavy atom. The van der Waals surface area contributed by atoms with Crippen molar-refractivity contribution in [1.29, 1.82) is 0 Å². The molecule has 0 aliphatic heterocycles. The summed E-state index contributed by atoms with van der Waals surface area (Å²) in [6.45, 7) is 0.811. The molecule has 0 radical (unpaired) electrons. The van der Waals surface area contributed by atoms with Gasteiger partial charge in [0, 0.05) is 18.9 Å². The molecule has 0 saturated heterocycles. The number of aliphatic hydroxyl groups is 1. The van der Waals surface area contributed by atoms with Crippen LogP contribution in [0.15, 0.2) is 24.0 Å². The largest absolute Gasteiger partial charge is 0.497 e. The number of fused-ring (bicyclic) bond motifs is 1. The fraction of sp³-hybridized carbons (Fsp3) is 0.588. The van der Waals surface area contributed by atoms with Crippen LogP contribution in [0, 0.1) is 17.3 Å². The zero-order valence-electron chi connectivity index (χ0n) is 14.0. The van der Waals surface area contributed by atoms with Gasteiger partial charge in [-0.2, -0.15) is 0 Å². The highest BCUT2D eigenvalue weighted by atomic mass is 16.6. The van der Waals surface area contributed by atoms with Gasteiger partial charge in [-0.3, -0.25) is 14.4 Å². The third kappa shape index (κ3) is 2.96. The summed E-state index contributed by atoms with van der Waals surface area (Å²) < 4.78 is 15.4. The smallest absolute Gasteiger partial charge is 0.306 e. The molecule has 0 aromatic heterocycles. The Kier molecular flexibility index (Phi) is 5.43. The van der Waals surface area contributed by atoms with Crippen LogP contribution in [-0.2, 0) is 28.6 Å². The van der Waals surface area contributed by atoms with Crippen molar-refractivity contribution in [2.75, 3.05) is 20.8 Å².